The summed E-state index contributed by atoms with van der Waals surface area (Å²) in [6.07, 6.45) is 0. The molecule has 0 radical (unpaired) electrons. The second-order valence-electron chi connectivity index (χ2n) is 2.26. The molecule has 0 saturated heterocycles. The molecule has 1 aromatic carbocycles. The molecule has 0 unspecified atom stereocenters. The topological polar surface area (TPSA) is 53.9 Å². The van der Waals surface area contributed by atoms with Crippen LogP contribution in [0.5, 0.6) is 0 Å². The number of hydrogen-bond donors (Lipinski definition) is 2. The molecule has 0 aliphatic rings. The van der Waals surface area contributed by atoms with Crippen molar-refractivity contribution in [3.63, 3.8) is 0 Å². The molecule has 0 atom stereocenters. The van der Waals surface area contributed by atoms with E-state index in [1.54, 1.807) is 24.3 Å². The van der Waals surface area contributed by atoms with Gasteiger partial charge >= 0.3 is 5.97 Å². The summed E-state index contributed by atoms with van der Waals surface area (Å²) < 4.78 is 4.67. The molecular weight excluding hydrogens is 174 g/mol. The van der Waals surface area contributed by atoms with E-state index >= 15 is 0 Å². The Morgan fingerprint density at radius 3 is 2.50 bits per heavy atom. The number of rotatable bonds is 2. The third-order valence-electron chi connectivity index (χ3n) is 1.39. The van der Waals surface area contributed by atoms with Crippen LogP contribution in [-0.4, -0.2) is 11.9 Å². The van der Waals surface area contributed by atoms with Crippen LogP contribution in [-0.2, 0) is 4.74 Å². The second kappa shape index (κ2) is 4.13. The molecule has 0 bridgehead atoms. The molecule has 0 saturated carbocycles. The zero-order valence-electron chi connectivity index (χ0n) is 6.49. The van der Waals surface area contributed by atoms with Crippen LogP contribution in [0.25, 0.3) is 0 Å². The van der Waals surface area contributed by atoms with Gasteiger partial charge in [-0.15, -0.1) is 12.6 Å². The van der Waals surface area contributed by atoms with Gasteiger partial charge in [-0.3, -0.25) is 0 Å². The maximum atomic E-state index is 11.1. The Hall–Kier alpha value is -1.00. The van der Waals surface area contributed by atoms with E-state index < -0.39 is 0 Å². The Kier molecular flexibility index (Phi) is 3.13. The molecule has 1 rings (SSSR count). The van der Waals surface area contributed by atoms with Crippen molar-refractivity contribution < 1.29 is 15.3 Å². The van der Waals surface area contributed by atoms with E-state index in [0.717, 1.165) is 5.69 Å². The molecule has 0 aliphatic carbocycles. The van der Waals surface area contributed by atoms with Crippen LogP contribution in [0.15, 0.2) is 24.3 Å². The summed E-state index contributed by atoms with van der Waals surface area (Å²) in [5, 5.41) is 0. The highest BCUT2D eigenvalue weighted by atomic mass is 32.1. The van der Waals surface area contributed by atoms with Crippen LogP contribution < -0.4 is 5.73 Å². The number of quaternary nitrogens is 1. The van der Waals surface area contributed by atoms with Crippen molar-refractivity contribution in [2.75, 3.05) is 5.94 Å². The number of hydrogen-bond acceptors (Lipinski definition) is 3. The van der Waals surface area contributed by atoms with Crippen LogP contribution in [0, 0.1) is 0 Å². The highest BCUT2D eigenvalue weighted by molar-refractivity contribution is 7.80. The van der Waals surface area contributed by atoms with Gasteiger partial charge in [0, 0.05) is 0 Å². The van der Waals surface area contributed by atoms with E-state index in [9.17, 15) is 4.79 Å². The van der Waals surface area contributed by atoms with Crippen molar-refractivity contribution in [3.8, 4) is 0 Å². The van der Waals surface area contributed by atoms with Gasteiger partial charge in [0.15, 0.2) is 0 Å². The fourth-order valence-electron chi connectivity index (χ4n) is 0.783. The van der Waals surface area contributed by atoms with Gasteiger partial charge in [0.2, 0.25) is 0 Å². The minimum absolute atomic E-state index is 0.102. The molecule has 0 spiro atoms. The summed E-state index contributed by atoms with van der Waals surface area (Å²) >= 11 is 3.78. The summed E-state index contributed by atoms with van der Waals surface area (Å²) in [6.45, 7) is 0. The van der Waals surface area contributed by atoms with Crippen molar-refractivity contribution in [1.82, 2.24) is 0 Å². The number of carbonyl (C=O) groups excluding carboxylic acids is 1. The van der Waals surface area contributed by atoms with Crippen LogP contribution in [0.2, 0.25) is 0 Å². The first kappa shape index (κ1) is 9.09. The minimum Gasteiger partial charge on any atom is -0.451 e. The monoisotopic (exact) mass is 184 g/mol. The number of carbonyl (C=O) groups is 1. The Bertz CT molecular complexity index is 271. The van der Waals surface area contributed by atoms with Crippen molar-refractivity contribution in [2.45, 2.75) is 0 Å². The van der Waals surface area contributed by atoms with Crippen LogP contribution >= 0.6 is 12.6 Å². The molecule has 64 valence electrons. The lowest BCUT2D eigenvalue weighted by atomic mass is 10.2. The highest BCUT2D eigenvalue weighted by Crippen LogP contribution is 2.05. The largest absolute Gasteiger partial charge is 0.451 e. The smallest absolute Gasteiger partial charge is 0.338 e. The van der Waals surface area contributed by atoms with E-state index in [4.69, 9.17) is 0 Å². The lowest BCUT2D eigenvalue weighted by molar-refractivity contribution is -0.254. The van der Waals surface area contributed by atoms with Crippen molar-refractivity contribution >= 4 is 24.3 Å². The predicted molar refractivity (Wildman–Crippen MR) is 48.3 cm³/mol. The lowest BCUT2D eigenvalue weighted by Crippen LogP contribution is -2.39. The Balaban J connectivity index is 2.75. The average Bonchev–Trinajstić information content (AvgIpc) is 2.06. The summed E-state index contributed by atoms with van der Waals surface area (Å²) in [4.78, 5) is 11.1. The van der Waals surface area contributed by atoms with E-state index in [2.05, 4.69) is 23.1 Å². The van der Waals surface area contributed by atoms with Gasteiger partial charge in [-0.25, -0.2) is 4.79 Å². The molecule has 12 heavy (non-hydrogen) atoms. The van der Waals surface area contributed by atoms with E-state index in [1.165, 1.54) is 0 Å². The standard InChI is InChI=1S/C8H9NO2S/c9-7-3-1-6(2-4-7)8(10)11-5-12/h1-4,12H,5,9H2/p+1. The molecule has 0 aromatic heterocycles. The number of thiol groups is 1. The van der Waals surface area contributed by atoms with Gasteiger partial charge in [-0.1, -0.05) is 0 Å². The Morgan fingerprint density at radius 1 is 1.42 bits per heavy atom. The quantitative estimate of drug-likeness (QED) is 0.402. The van der Waals surface area contributed by atoms with E-state index in [1.807, 2.05) is 0 Å². The van der Waals surface area contributed by atoms with Crippen LogP contribution in [0.4, 0.5) is 5.69 Å². The van der Waals surface area contributed by atoms with Gasteiger partial charge in [-0.2, -0.15) is 0 Å². The maximum Gasteiger partial charge on any atom is 0.338 e. The van der Waals surface area contributed by atoms with Crippen molar-refractivity contribution in [2.24, 2.45) is 0 Å². The fraction of sp³-hybridized carbons (Fsp3) is 0.125. The minimum atomic E-state index is -0.356. The third kappa shape index (κ3) is 2.25. The Morgan fingerprint density at radius 2 is 2.00 bits per heavy atom. The lowest BCUT2D eigenvalue weighted by Gasteiger charge is -1.99. The summed E-state index contributed by atoms with van der Waals surface area (Å²) in [5.41, 5.74) is 5.10. The van der Waals surface area contributed by atoms with E-state index in [0.29, 0.717) is 5.56 Å². The second-order valence-corrected chi connectivity index (χ2v) is 2.52. The van der Waals surface area contributed by atoms with Gasteiger partial charge < -0.3 is 10.5 Å². The summed E-state index contributed by atoms with van der Waals surface area (Å²) in [6, 6.07) is 6.87. The third-order valence-corrected chi connectivity index (χ3v) is 1.51. The zero-order valence-corrected chi connectivity index (χ0v) is 7.38. The molecule has 1 aromatic rings. The molecule has 0 amide bonds. The summed E-state index contributed by atoms with van der Waals surface area (Å²) in [7, 11) is 0. The van der Waals surface area contributed by atoms with Crippen molar-refractivity contribution in [3.05, 3.63) is 29.8 Å². The predicted octanol–water partition coefficient (Wildman–Crippen LogP) is 0.604. The molecule has 0 fully saturated rings. The average molecular weight is 184 g/mol. The molecule has 3 nitrogen and oxygen atoms in total. The summed E-state index contributed by atoms with van der Waals surface area (Å²) in [5.74, 6) is -0.254. The SMILES string of the molecule is [NH3+]c1ccc(C(=O)OCS)cc1. The van der Waals surface area contributed by atoms with Crippen LogP contribution in [0.1, 0.15) is 10.4 Å². The normalized spacial score (nSPS) is 9.50. The number of esters is 1. The first-order chi connectivity index (χ1) is 5.74. The molecule has 4 heteroatoms. The van der Waals surface area contributed by atoms with Gasteiger partial charge in [0.25, 0.3) is 0 Å². The van der Waals surface area contributed by atoms with Crippen molar-refractivity contribution in [1.29, 1.82) is 0 Å². The zero-order chi connectivity index (χ0) is 8.97. The van der Waals surface area contributed by atoms with Gasteiger partial charge in [0.1, 0.15) is 11.6 Å². The molecule has 3 N–H and O–H groups in total. The number of ether oxygens (including phenoxy) is 1. The van der Waals surface area contributed by atoms with E-state index in [-0.39, 0.29) is 11.9 Å². The highest BCUT2D eigenvalue weighted by Gasteiger charge is 2.04. The first-order valence-corrected chi connectivity index (χ1v) is 4.07. The van der Waals surface area contributed by atoms with Gasteiger partial charge in [-0.05, 0) is 24.3 Å². The fourth-order valence-corrected chi connectivity index (χ4v) is 0.900. The maximum absolute atomic E-state index is 11.1. The Labute approximate surface area is 75.9 Å². The molecule has 0 heterocycles. The van der Waals surface area contributed by atoms with Crippen LogP contribution in [0.3, 0.4) is 0 Å². The first-order valence-electron chi connectivity index (χ1n) is 3.44. The molecule has 0 aliphatic heterocycles. The number of benzene rings is 1. The molecular formula is C8H10NO2S+. The van der Waals surface area contributed by atoms with Gasteiger partial charge in [0.05, 0.1) is 5.56 Å².